The topological polar surface area (TPSA) is 71.5 Å². The van der Waals surface area contributed by atoms with Crippen molar-refractivity contribution in [3.8, 4) is 17.0 Å². The number of likely N-dealkylation sites (N-methyl/N-ethyl adjacent to an activating group) is 1. The monoisotopic (exact) mass is 385 g/mol. The summed E-state index contributed by atoms with van der Waals surface area (Å²) in [4.78, 5) is 30.7. The maximum absolute atomic E-state index is 12.4. The molecule has 1 saturated carbocycles. The van der Waals surface area contributed by atoms with Crippen LogP contribution in [0, 0.1) is 5.92 Å². The summed E-state index contributed by atoms with van der Waals surface area (Å²) in [5.41, 5.74) is 2.40. The lowest BCUT2D eigenvalue weighted by molar-refractivity contribution is -0.125. The first-order chi connectivity index (χ1) is 13.0. The minimum absolute atomic E-state index is 0.0710. The van der Waals surface area contributed by atoms with Gasteiger partial charge in [0.05, 0.1) is 11.4 Å². The molecule has 7 heteroatoms. The fourth-order valence-electron chi connectivity index (χ4n) is 3.71. The zero-order valence-electron chi connectivity index (χ0n) is 15.5. The maximum atomic E-state index is 12.4. The molecule has 27 heavy (non-hydrogen) atoms. The number of carbonyl (C=O) groups excluding carboxylic acids is 2. The highest BCUT2D eigenvalue weighted by atomic mass is 32.1. The molecule has 1 aromatic carbocycles. The second-order valence-corrected chi connectivity index (χ2v) is 8.06. The summed E-state index contributed by atoms with van der Waals surface area (Å²) in [6.45, 7) is 1.75. The number of nitrogens with one attached hydrogen (secondary N) is 1. The third-order valence-corrected chi connectivity index (χ3v) is 6.07. The molecule has 2 amide bonds. The van der Waals surface area contributed by atoms with Crippen molar-refractivity contribution in [3.05, 3.63) is 23.6 Å². The number of thiazole rings is 1. The highest BCUT2D eigenvalue weighted by Crippen LogP contribution is 2.37. The van der Waals surface area contributed by atoms with Gasteiger partial charge in [0.2, 0.25) is 5.91 Å². The van der Waals surface area contributed by atoms with E-state index in [0.717, 1.165) is 42.6 Å². The number of anilines is 2. The number of hydrogen-bond donors (Lipinski definition) is 1. The van der Waals surface area contributed by atoms with E-state index >= 15 is 0 Å². The highest BCUT2D eigenvalue weighted by molar-refractivity contribution is 7.14. The Balaban J connectivity index is 1.52. The van der Waals surface area contributed by atoms with Crippen molar-refractivity contribution in [2.45, 2.75) is 45.1 Å². The molecule has 1 aromatic heterocycles. The Morgan fingerprint density at radius 2 is 2.07 bits per heavy atom. The quantitative estimate of drug-likeness (QED) is 0.864. The Hall–Kier alpha value is -2.41. The van der Waals surface area contributed by atoms with Crippen molar-refractivity contribution in [1.29, 1.82) is 0 Å². The van der Waals surface area contributed by atoms with Gasteiger partial charge in [0, 0.05) is 23.9 Å². The molecule has 0 spiro atoms. The summed E-state index contributed by atoms with van der Waals surface area (Å²) in [5, 5.41) is 5.51. The summed E-state index contributed by atoms with van der Waals surface area (Å²) in [7, 11) is 1.75. The van der Waals surface area contributed by atoms with E-state index in [1.54, 1.807) is 18.9 Å². The number of benzene rings is 1. The molecule has 1 fully saturated rings. The number of rotatable bonds is 3. The van der Waals surface area contributed by atoms with Crippen LogP contribution in [0.15, 0.2) is 23.6 Å². The predicted molar refractivity (Wildman–Crippen MR) is 106 cm³/mol. The van der Waals surface area contributed by atoms with E-state index in [-0.39, 0.29) is 17.7 Å². The van der Waals surface area contributed by atoms with Crippen molar-refractivity contribution in [2.24, 2.45) is 5.92 Å². The molecule has 1 aliphatic carbocycles. The van der Waals surface area contributed by atoms with Gasteiger partial charge in [-0.3, -0.25) is 9.59 Å². The molecule has 142 valence electrons. The van der Waals surface area contributed by atoms with Gasteiger partial charge in [0.25, 0.3) is 5.91 Å². The van der Waals surface area contributed by atoms with E-state index in [1.165, 1.54) is 17.8 Å². The number of fused-ring (bicyclic) bond motifs is 1. The van der Waals surface area contributed by atoms with E-state index in [0.29, 0.717) is 10.9 Å². The molecule has 0 saturated heterocycles. The van der Waals surface area contributed by atoms with Gasteiger partial charge in [-0.2, -0.15) is 0 Å². The van der Waals surface area contributed by atoms with Crippen LogP contribution in [0.25, 0.3) is 11.3 Å². The molecule has 1 atom stereocenters. The van der Waals surface area contributed by atoms with Crippen molar-refractivity contribution in [1.82, 2.24) is 4.98 Å². The van der Waals surface area contributed by atoms with Gasteiger partial charge in [-0.05, 0) is 38.0 Å². The molecular weight excluding hydrogens is 362 g/mol. The molecule has 0 radical (unpaired) electrons. The first-order valence-electron chi connectivity index (χ1n) is 9.38. The number of ether oxygens (including phenoxy) is 1. The van der Waals surface area contributed by atoms with Crippen LogP contribution in [0.1, 0.15) is 39.0 Å². The normalized spacial score (nSPS) is 20.1. The van der Waals surface area contributed by atoms with Crippen molar-refractivity contribution in [3.63, 3.8) is 0 Å². The summed E-state index contributed by atoms with van der Waals surface area (Å²) in [6.07, 6.45) is 4.94. The van der Waals surface area contributed by atoms with E-state index in [2.05, 4.69) is 10.3 Å². The predicted octanol–water partition coefficient (Wildman–Crippen LogP) is 4.07. The lowest BCUT2D eigenvalue weighted by Crippen LogP contribution is -2.41. The van der Waals surface area contributed by atoms with Crippen LogP contribution in [-0.4, -0.2) is 29.9 Å². The largest absolute Gasteiger partial charge is 0.479 e. The summed E-state index contributed by atoms with van der Waals surface area (Å²) >= 11 is 1.42. The van der Waals surface area contributed by atoms with Crippen molar-refractivity contribution < 1.29 is 14.3 Å². The minimum Gasteiger partial charge on any atom is -0.479 e. The van der Waals surface area contributed by atoms with Crippen LogP contribution in [0.4, 0.5) is 10.8 Å². The van der Waals surface area contributed by atoms with Gasteiger partial charge in [-0.25, -0.2) is 4.98 Å². The van der Waals surface area contributed by atoms with Crippen LogP contribution >= 0.6 is 11.3 Å². The van der Waals surface area contributed by atoms with Crippen LogP contribution < -0.4 is 15.0 Å². The molecule has 1 N–H and O–H groups in total. The average molecular weight is 385 g/mol. The molecule has 0 bridgehead atoms. The number of aromatic nitrogens is 1. The number of amides is 2. The number of carbonyl (C=O) groups is 2. The molecular formula is C20H23N3O3S. The van der Waals surface area contributed by atoms with Crippen LogP contribution in [0.2, 0.25) is 0 Å². The summed E-state index contributed by atoms with van der Waals surface area (Å²) < 4.78 is 5.66. The van der Waals surface area contributed by atoms with Crippen molar-refractivity contribution in [2.75, 3.05) is 17.3 Å². The van der Waals surface area contributed by atoms with Crippen LogP contribution in [0.3, 0.4) is 0 Å². The lowest BCUT2D eigenvalue weighted by Gasteiger charge is -2.30. The Kier molecular flexibility index (Phi) is 4.86. The Bertz CT molecular complexity index is 873. The van der Waals surface area contributed by atoms with Crippen LogP contribution in [0.5, 0.6) is 5.75 Å². The molecule has 2 aliphatic rings. The first kappa shape index (κ1) is 18.0. The second kappa shape index (κ2) is 7.31. The molecule has 1 aliphatic heterocycles. The lowest BCUT2D eigenvalue weighted by atomic mass is 9.89. The molecule has 6 nitrogen and oxygen atoms in total. The van der Waals surface area contributed by atoms with E-state index in [9.17, 15) is 9.59 Å². The fourth-order valence-corrected chi connectivity index (χ4v) is 4.43. The van der Waals surface area contributed by atoms with E-state index in [4.69, 9.17) is 4.74 Å². The standard InChI is InChI=1S/C20H23N3O3S/c1-12-19(25)23(2)16-10-14(8-9-17(16)26-12)15-11-27-20(21-15)22-18(24)13-6-4-3-5-7-13/h8-13H,3-7H2,1-2H3,(H,21,22,24)/t12-/m0/s1. The summed E-state index contributed by atoms with van der Waals surface area (Å²) in [5.74, 6) is 0.801. The zero-order valence-corrected chi connectivity index (χ0v) is 16.3. The summed E-state index contributed by atoms with van der Waals surface area (Å²) in [6, 6.07) is 5.70. The van der Waals surface area contributed by atoms with Gasteiger partial charge in [0.15, 0.2) is 11.2 Å². The molecule has 0 unspecified atom stereocenters. The fraction of sp³-hybridized carbons (Fsp3) is 0.450. The smallest absolute Gasteiger partial charge is 0.267 e. The Morgan fingerprint density at radius 1 is 1.30 bits per heavy atom. The zero-order chi connectivity index (χ0) is 19.0. The maximum Gasteiger partial charge on any atom is 0.267 e. The Labute approximate surface area is 162 Å². The molecule has 2 aromatic rings. The van der Waals surface area contributed by atoms with Crippen LogP contribution in [-0.2, 0) is 9.59 Å². The Morgan fingerprint density at radius 3 is 2.85 bits per heavy atom. The van der Waals surface area contributed by atoms with Gasteiger partial charge >= 0.3 is 0 Å². The third-order valence-electron chi connectivity index (χ3n) is 5.31. The third kappa shape index (κ3) is 3.56. The van der Waals surface area contributed by atoms with Gasteiger partial charge < -0.3 is 15.0 Å². The molecule has 2 heterocycles. The molecule has 4 rings (SSSR count). The van der Waals surface area contributed by atoms with Gasteiger partial charge in [-0.15, -0.1) is 11.3 Å². The second-order valence-electron chi connectivity index (χ2n) is 7.20. The average Bonchev–Trinajstić information content (AvgIpc) is 3.15. The van der Waals surface area contributed by atoms with Crippen molar-refractivity contribution >= 4 is 34.0 Å². The highest BCUT2D eigenvalue weighted by Gasteiger charge is 2.29. The first-order valence-corrected chi connectivity index (χ1v) is 10.3. The number of hydrogen-bond acceptors (Lipinski definition) is 5. The van der Waals surface area contributed by atoms with Gasteiger partial charge in [0.1, 0.15) is 5.75 Å². The van der Waals surface area contributed by atoms with Gasteiger partial charge in [-0.1, -0.05) is 19.3 Å². The minimum atomic E-state index is -0.478. The van der Waals surface area contributed by atoms with E-state index < -0.39 is 6.10 Å². The number of nitrogens with zero attached hydrogens (tertiary/aromatic N) is 2. The van der Waals surface area contributed by atoms with E-state index in [1.807, 2.05) is 23.6 Å². The SMILES string of the molecule is C[C@@H]1Oc2ccc(-c3csc(NC(=O)C4CCCCC4)n3)cc2N(C)C1=O.